The molecule has 2 heteroatoms. The minimum Gasteiger partial charge on any atom is -0.312 e. The number of hydrogen-bond donors (Lipinski definition) is 1. The number of hydrogen-bond acceptors (Lipinski definition) is 2. The average Bonchev–Trinajstić information content (AvgIpc) is 2.43. The molecule has 2 atom stereocenters. The minimum atomic E-state index is 0.691. The molecule has 2 unspecified atom stereocenters. The van der Waals surface area contributed by atoms with E-state index in [1.54, 1.807) is 0 Å². The van der Waals surface area contributed by atoms with Crippen LogP contribution in [-0.4, -0.2) is 36.6 Å². The molecule has 0 aromatic heterocycles. The Bertz CT molecular complexity index is 209. The molecule has 0 bridgehead atoms. The monoisotopic (exact) mass is 268 g/mol. The Morgan fingerprint density at radius 1 is 1.05 bits per heavy atom. The Kier molecular flexibility index (Phi) is 8.72. The number of unbranched alkanes of at least 4 members (excludes halogenated alkanes) is 3. The summed E-state index contributed by atoms with van der Waals surface area (Å²) in [4.78, 5) is 2.58. The second kappa shape index (κ2) is 9.77. The zero-order chi connectivity index (χ0) is 14.1. The summed E-state index contributed by atoms with van der Waals surface area (Å²) in [5, 5.41) is 3.84. The fourth-order valence-electron chi connectivity index (χ4n) is 3.31. The second-order valence-electron chi connectivity index (χ2n) is 6.48. The first-order chi connectivity index (χ1) is 9.17. The van der Waals surface area contributed by atoms with Gasteiger partial charge in [-0.25, -0.2) is 0 Å². The number of rotatable bonds is 9. The molecule has 0 radical (unpaired) electrons. The maximum atomic E-state index is 3.84. The van der Waals surface area contributed by atoms with Crippen molar-refractivity contribution < 1.29 is 0 Å². The van der Waals surface area contributed by atoms with Gasteiger partial charge in [0, 0.05) is 12.1 Å². The Hall–Kier alpha value is -0.0800. The van der Waals surface area contributed by atoms with E-state index in [0.29, 0.717) is 12.1 Å². The molecule has 0 aliphatic carbocycles. The van der Waals surface area contributed by atoms with Crippen molar-refractivity contribution >= 4 is 0 Å². The van der Waals surface area contributed by atoms with Gasteiger partial charge in [-0.15, -0.1) is 0 Å². The van der Waals surface area contributed by atoms with Crippen LogP contribution in [0.3, 0.4) is 0 Å². The van der Waals surface area contributed by atoms with Crippen LogP contribution in [0.2, 0.25) is 0 Å². The van der Waals surface area contributed by atoms with Crippen LogP contribution in [-0.2, 0) is 0 Å². The van der Waals surface area contributed by atoms with Crippen molar-refractivity contribution in [3.05, 3.63) is 0 Å². The molecule has 1 aliphatic heterocycles. The smallest absolute Gasteiger partial charge is 0.00704 e. The average molecular weight is 268 g/mol. The summed E-state index contributed by atoms with van der Waals surface area (Å²) >= 11 is 0. The lowest BCUT2D eigenvalue weighted by Crippen LogP contribution is -2.44. The first kappa shape index (κ1) is 17.0. The van der Waals surface area contributed by atoms with Crippen molar-refractivity contribution in [1.82, 2.24) is 10.2 Å². The third-order valence-corrected chi connectivity index (χ3v) is 4.82. The van der Waals surface area contributed by atoms with E-state index in [4.69, 9.17) is 0 Å². The van der Waals surface area contributed by atoms with E-state index in [-0.39, 0.29) is 0 Å². The van der Waals surface area contributed by atoms with Crippen molar-refractivity contribution in [1.29, 1.82) is 0 Å². The van der Waals surface area contributed by atoms with Crippen molar-refractivity contribution in [3.63, 3.8) is 0 Å². The topological polar surface area (TPSA) is 15.3 Å². The van der Waals surface area contributed by atoms with Crippen LogP contribution in [0, 0.1) is 5.92 Å². The molecule has 0 amide bonds. The molecule has 0 saturated carbocycles. The van der Waals surface area contributed by atoms with Gasteiger partial charge in [0.05, 0.1) is 0 Å². The van der Waals surface area contributed by atoms with Gasteiger partial charge in [-0.2, -0.15) is 0 Å². The standard InChI is InChI=1S/C17H36N2/c1-5-7-8-9-10-15(3)18-16(4)17-11-13-19(6-2)14-12-17/h15-18H,5-14H2,1-4H3. The molecule has 1 N–H and O–H groups in total. The van der Waals surface area contributed by atoms with Gasteiger partial charge in [-0.1, -0.05) is 39.5 Å². The lowest BCUT2D eigenvalue weighted by molar-refractivity contribution is 0.164. The van der Waals surface area contributed by atoms with E-state index in [0.717, 1.165) is 5.92 Å². The van der Waals surface area contributed by atoms with Gasteiger partial charge < -0.3 is 10.2 Å². The first-order valence-corrected chi connectivity index (χ1v) is 8.65. The van der Waals surface area contributed by atoms with Crippen molar-refractivity contribution in [2.45, 2.75) is 84.7 Å². The molecule has 2 nitrogen and oxygen atoms in total. The SMILES string of the molecule is CCCCCCC(C)NC(C)C1CCN(CC)CC1. The van der Waals surface area contributed by atoms with Gasteiger partial charge in [0.1, 0.15) is 0 Å². The van der Waals surface area contributed by atoms with Crippen LogP contribution < -0.4 is 5.32 Å². The number of nitrogens with zero attached hydrogens (tertiary/aromatic N) is 1. The van der Waals surface area contributed by atoms with Crippen molar-refractivity contribution in [2.24, 2.45) is 5.92 Å². The van der Waals surface area contributed by atoms with Crippen LogP contribution in [0.15, 0.2) is 0 Å². The maximum Gasteiger partial charge on any atom is 0.00704 e. The van der Waals surface area contributed by atoms with E-state index >= 15 is 0 Å². The zero-order valence-electron chi connectivity index (χ0n) is 13.8. The first-order valence-electron chi connectivity index (χ1n) is 8.65. The highest BCUT2D eigenvalue weighted by Crippen LogP contribution is 2.21. The van der Waals surface area contributed by atoms with Gasteiger partial charge >= 0.3 is 0 Å². The summed E-state index contributed by atoms with van der Waals surface area (Å²) in [5.41, 5.74) is 0. The Morgan fingerprint density at radius 2 is 1.74 bits per heavy atom. The predicted molar refractivity (Wildman–Crippen MR) is 85.7 cm³/mol. The molecule has 0 spiro atoms. The molecule has 1 saturated heterocycles. The fourth-order valence-corrected chi connectivity index (χ4v) is 3.31. The van der Waals surface area contributed by atoms with Crippen LogP contribution in [0.4, 0.5) is 0 Å². The lowest BCUT2D eigenvalue weighted by atomic mass is 9.89. The highest BCUT2D eigenvalue weighted by molar-refractivity contribution is 4.80. The van der Waals surface area contributed by atoms with Gasteiger partial charge in [0.2, 0.25) is 0 Å². The van der Waals surface area contributed by atoms with Crippen molar-refractivity contribution in [3.8, 4) is 0 Å². The van der Waals surface area contributed by atoms with Gasteiger partial charge in [-0.3, -0.25) is 0 Å². The Balaban J connectivity index is 2.14. The number of nitrogens with one attached hydrogen (secondary N) is 1. The van der Waals surface area contributed by atoms with Gasteiger partial charge in [-0.05, 0) is 58.7 Å². The molecule has 0 aromatic carbocycles. The number of piperidine rings is 1. The maximum absolute atomic E-state index is 3.84. The molecule has 1 aliphatic rings. The van der Waals surface area contributed by atoms with Crippen LogP contribution in [0.1, 0.15) is 72.6 Å². The summed E-state index contributed by atoms with van der Waals surface area (Å²) in [6.45, 7) is 13.2. The molecule has 1 fully saturated rings. The summed E-state index contributed by atoms with van der Waals surface area (Å²) in [5.74, 6) is 0.890. The zero-order valence-corrected chi connectivity index (χ0v) is 13.8. The third-order valence-electron chi connectivity index (χ3n) is 4.82. The van der Waals surface area contributed by atoms with Crippen LogP contribution in [0.25, 0.3) is 0 Å². The van der Waals surface area contributed by atoms with E-state index < -0.39 is 0 Å². The summed E-state index contributed by atoms with van der Waals surface area (Å²) in [7, 11) is 0. The van der Waals surface area contributed by atoms with E-state index in [9.17, 15) is 0 Å². The van der Waals surface area contributed by atoms with E-state index in [1.165, 1.54) is 64.6 Å². The highest BCUT2D eigenvalue weighted by atomic mass is 15.1. The Morgan fingerprint density at radius 3 is 2.32 bits per heavy atom. The Labute approximate surface area is 121 Å². The highest BCUT2D eigenvalue weighted by Gasteiger charge is 2.23. The summed E-state index contributed by atoms with van der Waals surface area (Å²) in [6.07, 6.45) is 9.65. The minimum absolute atomic E-state index is 0.691. The molecular weight excluding hydrogens is 232 g/mol. The summed E-state index contributed by atoms with van der Waals surface area (Å²) in [6, 6.07) is 1.39. The third kappa shape index (κ3) is 6.76. The summed E-state index contributed by atoms with van der Waals surface area (Å²) < 4.78 is 0. The van der Waals surface area contributed by atoms with Gasteiger partial charge in [0.25, 0.3) is 0 Å². The second-order valence-corrected chi connectivity index (χ2v) is 6.48. The van der Waals surface area contributed by atoms with Crippen LogP contribution in [0.5, 0.6) is 0 Å². The largest absolute Gasteiger partial charge is 0.312 e. The predicted octanol–water partition coefficient (Wildman–Crippen LogP) is 4.06. The van der Waals surface area contributed by atoms with Crippen molar-refractivity contribution in [2.75, 3.05) is 19.6 Å². The molecule has 0 aromatic rings. The molecule has 114 valence electrons. The molecular formula is C17H36N2. The van der Waals surface area contributed by atoms with E-state index in [2.05, 4.69) is 37.9 Å². The van der Waals surface area contributed by atoms with Crippen LogP contribution >= 0.6 is 0 Å². The normalized spacial score (nSPS) is 21.5. The fraction of sp³-hybridized carbons (Fsp3) is 1.00. The lowest BCUT2D eigenvalue weighted by Gasteiger charge is -2.35. The quantitative estimate of drug-likeness (QED) is 0.635. The van der Waals surface area contributed by atoms with E-state index in [1.807, 2.05) is 0 Å². The van der Waals surface area contributed by atoms with Gasteiger partial charge in [0.15, 0.2) is 0 Å². The molecule has 1 heterocycles. The molecule has 1 rings (SSSR count). The number of likely N-dealkylation sites (tertiary alicyclic amines) is 1. The molecule has 19 heavy (non-hydrogen) atoms.